The van der Waals surface area contributed by atoms with E-state index in [-0.39, 0.29) is 11.8 Å². The lowest BCUT2D eigenvalue weighted by Crippen LogP contribution is -2.21. The highest BCUT2D eigenvalue weighted by molar-refractivity contribution is 7.13. The molecular formula is C18H19N3O2S. The van der Waals surface area contributed by atoms with Crippen LogP contribution < -0.4 is 5.32 Å². The Morgan fingerprint density at radius 3 is 2.83 bits per heavy atom. The number of hydrogen-bond donors (Lipinski definition) is 1. The Labute approximate surface area is 144 Å². The first-order valence-electron chi connectivity index (χ1n) is 7.83. The second-order valence-corrected chi connectivity index (χ2v) is 6.50. The zero-order valence-electron chi connectivity index (χ0n) is 13.9. The number of nitrogens with zero attached hydrogens (tertiary/aromatic N) is 2. The Kier molecular flexibility index (Phi) is 4.76. The van der Waals surface area contributed by atoms with Gasteiger partial charge in [0, 0.05) is 28.4 Å². The van der Waals surface area contributed by atoms with Gasteiger partial charge in [-0.1, -0.05) is 24.2 Å². The Bertz CT molecular complexity index is 820. The van der Waals surface area contributed by atoms with Gasteiger partial charge in [0.25, 0.3) is 0 Å². The summed E-state index contributed by atoms with van der Waals surface area (Å²) in [6.07, 6.45) is 2.46. The summed E-state index contributed by atoms with van der Waals surface area (Å²) in [5.74, 6) is 0.369. The lowest BCUT2D eigenvalue weighted by atomic mass is 9.94. The molecule has 3 aromatic rings. The van der Waals surface area contributed by atoms with Crippen LogP contribution in [0.4, 0.5) is 5.69 Å². The molecule has 0 saturated heterocycles. The first-order valence-corrected chi connectivity index (χ1v) is 8.71. The summed E-state index contributed by atoms with van der Waals surface area (Å²) < 4.78 is 5.21. The van der Waals surface area contributed by atoms with Gasteiger partial charge >= 0.3 is 0 Å². The number of nitrogens with one attached hydrogen (secondary N) is 1. The molecule has 0 spiro atoms. The van der Waals surface area contributed by atoms with Crippen LogP contribution in [0, 0.1) is 13.8 Å². The predicted octanol–water partition coefficient (Wildman–Crippen LogP) is 4.55. The number of carbonyl (C=O) groups excluding carboxylic acids is 1. The maximum atomic E-state index is 12.8. The first-order chi connectivity index (χ1) is 11.6. The van der Waals surface area contributed by atoms with Crippen LogP contribution in [0.3, 0.4) is 0 Å². The van der Waals surface area contributed by atoms with Crippen molar-refractivity contribution < 1.29 is 9.32 Å². The summed E-state index contributed by atoms with van der Waals surface area (Å²) in [7, 11) is 0. The minimum atomic E-state index is -0.278. The zero-order chi connectivity index (χ0) is 17.1. The van der Waals surface area contributed by atoms with E-state index >= 15 is 0 Å². The molecule has 2 heterocycles. The number of aromatic nitrogens is 2. The molecule has 24 heavy (non-hydrogen) atoms. The number of thiazole rings is 1. The Balaban J connectivity index is 1.83. The van der Waals surface area contributed by atoms with E-state index in [1.807, 2.05) is 50.4 Å². The van der Waals surface area contributed by atoms with E-state index < -0.39 is 0 Å². The van der Waals surface area contributed by atoms with Gasteiger partial charge in [-0.05, 0) is 32.4 Å². The SMILES string of the molecule is CC[C@H](C(=O)Nc1cccc(-c2nccs2)c1)c1c(C)noc1C. The molecular weight excluding hydrogens is 322 g/mol. The summed E-state index contributed by atoms with van der Waals surface area (Å²) in [6.45, 7) is 5.70. The van der Waals surface area contributed by atoms with E-state index in [0.29, 0.717) is 12.2 Å². The summed E-state index contributed by atoms with van der Waals surface area (Å²) in [5, 5.41) is 9.84. The van der Waals surface area contributed by atoms with Crippen LogP contribution in [-0.4, -0.2) is 16.0 Å². The standard InChI is InChI=1S/C18H19N3O2S/c1-4-15(16-11(2)21-23-12(16)3)17(22)20-14-7-5-6-13(10-14)18-19-8-9-24-18/h5-10,15H,4H2,1-3H3,(H,20,22)/t15-/m0/s1. The Morgan fingerprint density at radius 2 is 2.21 bits per heavy atom. The molecule has 1 amide bonds. The normalized spacial score (nSPS) is 12.1. The molecule has 5 nitrogen and oxygen atoms in total. The summed E-state index contributed by atoms with van der Waals surface area (Å²) in [6, 6.07) is 7.73. The van der Waals surface area contributed by atoms with Gasteiger partial charge < -0.3 is 9.84 Å². The van der Waals surface area contributed by atoms with Gasteiger partial charge in [0.2, 0.25) is 5.91 Å². The number of benzene rings is 1. The van der Waals surface area contributed by atoms with E-state index in [1.54, 1.807) is 17.5 Å². The van der Waals surface area contributed by atoms with Gasteiger partial charge in [0.05, 0.1) is 11.6 Å². The number of anilines is 1. The van der Waals surface area contributed by atoms with Gasteiger partial charge in [-0.25, -0.2) is 4.98 Å². The van der Waals surface area contributed by atoms with Crippen molar-refractivity contribution in [2.24, 2.45) is 0 Å². The molecule has 124 valence electrons. The van der Waals surface area contributed by atoms with Crippen LogP contribution >= 0.6 is 11.3 Å². The molecule has 3 rings (SSSR count). The van der Waals surface area contributed by atoms with E-state index in [0.717, 1.165) is 27.5 Å². The fraction of sp³-hybridized carbons (Fsp3) is 0.278. The zero-order valence-corrected chi connectivity index (χ0v) is 14.7. The topological polar surface area (TPSA) is 68.0 Å². The van der Waals surface area contributed by atoms with Gasteiger partial charge in [-0.15, -0.1) is 11.3 Å². The minimum absolute atomic E-state index is 0.0526. The minimum Gasteiger partial charge on any atom is -0.361 e. The van der Waals surface area contributed by atoms with E-state index in [2.05, 4.69) is 15.5 Å². The fourth-order valence-corrected chi connectivity index (χ4v) is 3.47. The molecule has 0 aliphatic rings. The first kappa shape index (κ1) is 16.4. The molecule has 1 atom stereocenters. The highest BCUT2D eigenvalue weighted by atomic mass is 32.1. The predicted molar refractivity (Wildman–Crippen MR) is 95.2 cm³/mol. The average molecular weight is 341 g/mol. The monoisotopic (exact) mass is 341 g/mol. The van der Waals surface area contributed by atoms with Crippen LogP contribution in [0.1, 0.15) is 36.3 Å². The quantitative estimate of drug-likeness (QED) is 0.739. The van der Waals surface area contributed by atoms with Crippen LogP contribution in [-0.2, 0) is 4.79 Å². The highest BCUT2D eigenvalue weighted by Gasteiger charge is 2.25. The molecule has 0 aliphatic carbocycles. The van der Waals surface area contributed by atoms with Crippen LogP contribution in [0.5, 0.6) is 0 Å². The Morgan fingerprint density at radius 1 is 1.38 bits per heavy atom. The van der Waals surface area contributed by atoms with Gasteiger partial charge in [-0.2, -0.15) is 0 Å². The van der Waals surface area contributed by atoms with E-state index in [9.17, 15) is 4.79 Å². The van der Waals surface area contributed by atoms with Crippen molar-refractivity contribution in [1.82, 2.24) is 10.1 Å². The van der Waals surface area contributed by atoms with Crippen molar-refractivity contribution in [3.8, 4) is 10.6 Å². The van der Waals surface area contributed by atoms with Gasteiger partial charge in [0.1, 0.15) is 10.8 Å². The summed E-state index contributed by atoms with van der Waals surface area (Å²) in [5.41, 5.74) is 3.41. The molecule has 0 saturated carbocycles. The number of aryl methyl sites for hydroxylation is 2. The van der Waals surface area contributed by atoms with Gasteiger partial charge in [-0.3, -0.25) is 4.79 Å². The molecule has 0 unspecified atom stereocenters. The maximum Gasteiger partial charge on any atom is 0.232 e. The third-order valence-electron chi connectivity index (χ3n) is 3.97. The molecule has 0 radical (unpaired) electrons. The number of amides is 1. The lowest BCUT2D eigenvalue weighted by Gasteiger charge is -2.15. The van der Waals surface area contributed by atoms with Crippen molar-refractivity contribution in [1.29, 1.82) is 0 Å². The number of rotatable bonds is 5. The third kappa shape index (κ3) is 3.23. The average Bonchev–Trinajstić information content (AvgIpc) is 3.21. The third-order valence-corrected chi connectivity index (χ3v) is 4.79. The summed E-state index contributed by atoms with van der Waals surface area (Å²) in [4.78, 5) is 17.1. The van der Waals surface area contributed by atoms with Crippen LogP contribution in [0.25, 0.3) is 10.6 Å². The van der Waals surface area contributed by atoms with Crippen molar-refractivity contribution in [3.63, 3.8) is 0 Å². The Hall–Kier alpha value is -2.47. The van der Waals surface area contributed by atoms with E-state index in [4.69, 9.17) is 4.52 Å². The van der Waals surface area contributed by atoms with Gasteiger partial charge in [0.15, 0.2) is 0 Å². The van der Waals surface area contributed by atoms with E-state index in [1.165, 1.54) is 0 Å². The van der Waals surface area contributed by atoms with Crippen molar-refractivity contribution in [3.05, 3.63) is 52.9 Å². The smallest absolute Gasteiger partial charge is 0.232 e. The largest absolute Gasteiger partial charge is 0.361 e. The molecule has 2 aromatic heterocycles. The molecule has 1 N–H and O–H groups in total. The van der Waals surface area contributed by atoms with Crippen LogP contribution in [0.15, 0.2) is 40.4 Å². The number of carbonyl (C=O) groups is 1. The molecule has 6 heteroatoms. The van der Waals surface area contributed by atoms with Crippen molar-refractivity contribution in [2.45, 2.75) is 33.1 Å². The second-order valence-electron chi connectivity index (χ2n) is 5.61. The maximum absolute atomic E-state index is 12.8. The lowest BCUT2D eigenvalue weighted by molar-refractivity contribution is -0.117. The number of hydrogen-bond acceptors (Lipinski definition) is 5. The molecule has 0 fully saturated rings. The van der Waals surface area contributed by atoms with Crippen molar-refractivity contribution in [2.75, 3.05) is 5.32 Å². The highest BCUT2D eigenvalue weighted by Crippen LogP contribution is 2.29. The molecule has 0 bridgehead atoms. The molecule has 0 aliphatic heterocycles. The van der Waals surface area contributed by atoms with Crippen molar-refractivity contribution >= 4 is 22.9 Å². The van der Waals surface area contributed by atoms with Crippen LogP contribution in [0.2, 0.25) is 0 Å². The summed E-state index contributed by atoms with van der Waals surface area (Å²) >= 11 is 1.57. The fourth-order valence-electron chi connectivity index (χ4n) is 2.83. The molecule has 1 aromatic carbocycles. The second kappa shape index (κ2) is 6.97.